The van der Waals surface area contributed by atoms with E-state index in [1.165, 1.54) is 0 Å². The van der Waals surface area contributed by atoms with Gasteiger partial charge in [0.2, 0.25) is 11.8 Å². The summed E-state index contributed by atoms with van der Waals surface area (Å²) in [7, 11) is 0. The number of anilines is 1. The summed E-state index contributed by atoms with van der Waals surface area (Å²) in [6.07, 6.45) is 5.37. The van der Waals surface area contributed by atoms with Gasteiger partial charge in [-0.25, -0.2) is 4.98 Å². The Morgan fingerprint density at radius 3 is 3.15 bits per heavy atom. The third-order valence-electron chi connectivity index (χ3n) is 6.31. The molecule has 0 saturated carbocycles. The van der Waals surface area contributed by atoms with Crippen LogP contribution >= 0.6 is 0 Å². The highest BCUT2D eigenvalue weighted by Gasteiger charge is 2.40. The number of H-pyrrole nitrogens is 1. The van der Waals surface area contributed by atoms with Crippen molar-refractivity contribution in [1.29, 1.82) is 5.26 Å². The Bertz CT molecular complexity index is 1250. The van der Waals surface area contributed by atoms with Crippen molar-refractivity contribution in [3.05, 3.63) is 54.6 Å². The highest BCUT2D eigenvalue weighted by molar-refractivity contribution is 6.04. The van der Waals surface area contributed by atoms with Gasteiger partial charge in [0.25, 0.3) is 0 Å². The fourth-order valence-electron chi connectivity index (χ4n) is 4.72. The fourth-order valence-corrected chi connectivity index (χ4v) is 4.72. The van der Waals surface area contributed by atoms with E-state index in [1.54, 1.807) is 23.4 Å². The molecule has 1 amide bonds. The summed E-state index contributed by atoms with van der Waals surface area (Å²) in [6.45, 7) is 7.26. The van der Waals surface area contributed by atoms with Gasteiger partial charge < -0.3 is 14.5 Å². The van der Waals surface area contributed by atoms with Crippen LogP contribution in [-0.4, -0.2) is 56.2 Å². The molecule has 3 unspecified atom stereocenters. The van der Waals surface area contributed by atoms with Crippen molar-refractivity contribution in [2.24, 2.45) is 0 Å². The lowest BCUT2D eigenvalue weighted by Gasteiger charge is -2.28. The van der Waals surface area contributed by atoms with Crippen LogP contribution in [0.4, 0.5) is 5.69 Å². The molecule has 9 nitrogen and oxygen atoms in total. The number of aromatic nitrogens is 4. The minimum Gasteiger partial charge on any atom is -0.475 e. The lowest BCUT2D eigenvalue weighted by Crippen LogP contribution is -2.37. The number of pyridine rings is 2. The SMILES string of the molecule is C=C(CN1C(=O)C(CC(C)Oc2ccc3[nH]ncc3n2)c2ncccc21)N1CCCC1C#N. The summed E-state index contributed by atoms with van der Waals surface area (Å²) < 4.78 is 6.03. The van der Waals surface area contributed by atoms with Crippen LogP contribution in [0.5, 0.6) is 5.88 Å². The number of aromatic amines is 1. The van der Waals surface area contributed by atoms with Crippen molar-refractivity contribution < 1.29 is 9.53 Å². The molecule has 0 aromatic carbocycles. The predicted octanol–water partition coefficient (Wildman–Crippen LogP) is 3.14. The lowest BCUT2D eigenvalue weighted by molar-refractivity contribution is -0.119. The largest absolute Gasteiger partial charge is 0.475 e. The number of nitriles is 1. The summed E-state index contributed by atoms with van der Waals surface area (Å²) in [4.78, 5) is 26.2. The molecule has 3 aromatic rings. The van der Waals surface area contributed by atoms with Crippen LogP contribution < -0.4 is 9.64 Å². The maximum Gasteiger partial charge on any atom is 0.236 e. The molecule has 0 radical (unpaired) electrons. The molecule has 3 aromatic heterocycles. The van der Waals surface area contributed by atoms with Crippen molar-refractivity contribution in [3.8, 4) is 11.9 Å². The van der Waals surface area contributed by atoms with Crippen molar-refractivity contribution in [2.75, 3.05) is 18.0 Å². The minimum absolute atomic E-state index is 0.0220. The zero-order valence-electron chi connectivity index (χ0n) is 18.4. The first-order valence-electron chi connectivity index (χ1n) is 11.1. The number of amides is 1. The second kappa shape index (κ2) is 8.54. The van der Waals surface area contributed by atoms with Crippen molar-refractivity contribution in [1.82, 2.24) is 25.1 Å². The van der Waals surface area contributed by atoms with E-state index in [0.29, 0.717) is 18.8 Å². The van der Waals surface area contributed by atoms with Gasteiger partial charge in [-0.15, -0.1) is 0 Å². The summed E-state index contributed by atoms with van der Waals surface area (Å²) in [5, 5.41) is 16.3. The Hall–Kier alpha value is -3.93. The third-order valence-corrected chi connectivity index (χ3v) is 6.31. The van der Waals surface area contributed by atoms with Crippen LogP contribution in [0.15, 0.2) is 48.9 Å². The van der Waals surface area contributed by atoms with Crippen LogP contribution in [0.1, 0.15) is 37.8 Å². The second-order valence-electron chi connectivity index (χ2n) is 8.55. The molecule has 9 heteroatoms. The van der Waals surface area contributed by atoms with Gasteiger partial charge >= 0.3 is 0 Å². The Balaban J connectivity index is 1.31. The third kappa shape index (κ3) is 3.89. The molecular formula is C24H25N7O2. The fraction of sp³-hybridized carbons (Fsp3) is 0.375. The van der Waals surface area contributed by atoms with Gasteiger partial charge in [0.15, 0.2) is 0 Å². The highest BCUT2D eigenvalue weighted by atomic mass is 16.5. The zero-order chi connectivity index (χ0) is 22.9. The lowest BCUT2D eigenvalue weighted by atomic mass is 9.99. The molecule has 33 heavy (non-hydrogen) atoms. The molecule has 5 heterocycles. The summed E-state index contributed by atoms with van der Waals surface area (Å²) in [5.74, 6) is 0.0585. The average molecular weight is 444 g/mol. The van der Waals surface area contributed by atoms with E-state index in [2.05, 4.69) is 32.8 Å². The van der Waals surface area contributed by atoms with E-state index in [4.69, 9.17) is 4.74 Å². The molecule has 0 spiro atoms. The molecule has 0 aliphatic carbocycles. The number of ether oxygens (including phenoxy) is 1. The number of nitrogens with zero attached hydrogens (tertiary/aromatic N) is 6. The summed E-state index contributed by atoms with van der Waals surface area (Å²) in [6, 6.07) is 9.58. The molecule has 5 rings (SSSR count). The maximum atomic E-state index is 13.5. The molecule has 2 aliphatic heterocycles. The molecule has 2 aliphatic rings. The van der Waals surface area contributed by atoms with E-state index in [-0.39, 0.29) is 18.1 Å². The molecule has 0 bridgehead atoms. The molecule has 3 atom stereocenters. The van der Waals surface area contributed by atoms with Crippen LogP contribution in [0.3, 0.4) is 0 Å². The summed E-state index contributed by atoms with van der Waals surface area (Å²) >= 11 is 0. The van der Waals surface area contributed by atoms with Crippen LogP contribution in [-0.2, 0) is 4.79 Å². The van der Waals surface area contributed by atoms with E-state index in [0.717, 1.165) is 47.5 Å². The van der Waals surface area contributed by atoms with Crippen molar-refractivity contribution in [3.63, 3.8) is 0 Å². The maximum absolute atomic E-state index is 13.5. The van der Waals surface area contributed by atoms with Gasteiger partial charge in [0.1, 0.15) is 11.6 Å². The van der Waals surface area contributed by atoms with Crippen LogP contribution in [0, 0.1) is 11.3 Å². The van der Waals surface area contributed by atoms with Gasteiger partial charge in [-0.05, 0) is 38.0 Å². The molecule has 1 saturated heterocycles. The second-order valence-corrected chi connectivity index (χ2v) is 8.55. The van der Waals surface area contributed by atoms with Crippen LogP contribution in [0.2, 0.25) is 0 Å². The number of carbonyl (C=O) groups excluding carboxylic acids is 1. The number of hydrogen-bond donors (Lipinski definition) is 1. The first-order chi connectivity index (χ1) is 16.0. The van der Waals surface area contributed by atoms with Crippen LogP contribution in [0.25, 0.3) is 11.0 Å². The zero-order valence-corrected chi connectivity index (χ0v) is 18.4. The topological polar surface area (TPSA) is 111 Å². The van der Waals surface area contributed by atoms with Gasteiger partial charge in [-0.1, -0.05) is 6.58 Å². The van der Waals surface area contributed by atoms with E-state index >= 15 is 0 Å². The van der Waals surface area contributed by atoms with Gasteiger partial charge in [0, 0.05) is 30.9 Å². The first-order valence-corrected chi connectivity index (χ1v) is 11.1. The van der Waals surface area contributed by atoms with E-state index < -0.39 is 5.92 Å². The quantitative estimate of drug-likeness (QED) is 0.597. The number of nitrogens with one attached hydrogen (secondary N) is 1. The Morgan fingerprint density at radius 2 is 2.30 bits per heavy atom. The molecule has 168 valence electrons. The van der Waals surface area contributed by atoms with E-state index in [1.807, 2.05) is 30.0 Å². The Labute approximate surface area is 191 Å². The first kappa shape index (κ1) is 20.9. The average Bonchev–Trinajstić information content (AvgIpc) is 3.54. The monoisotopic (exact) mass is 443 g/mol. The smallest absolute Gasteiger partial charge is 0.236 e. The number of carbonyl (C=O) groups is 1. The van der Waals surface area contributed by atoms with E-state index in [9.17, 15) is 10.1 Å². The normalized spacial score (nSPS) is 20.7. The minimum atomic E-state index is -0.410. The van der Waals surface area contributed by atoms with Crippen molar-refractivity contribution >= 4 is 22.6 Å². The number of fused-ring (bicyclic) bond motifs is 2. The molecule has 1 N–H and O–H groups in total. The number of hydrogen-bond acceptors (Lipinski definition) is 7. The van der Waals surface area contributed by atoms with Gasteiger partial charge in [-0.3, -0.25) is 14.9 Å². The molecular weight excluding hydrogens is 418 g/mol. The van der Waals surface area contributed by atoms with Gasteiger partial charge in [-0.2, -0.15) is 10.4 Å². The molecule has 1 fully saturated rings. The number of likely N-dealkylation sites (tertiary alicyclic amines) is 1. The number of rotatable bonds is 7. The standard InChI is InChI=1S/C24H25N7O2/c1-15(30-10-4-5-17(30)12-25)14-31-21-6-3-9-26-23(21)18(24(31)32)11-16(2)33-22-8-7-19-20(28-22)13-27-29-19/h3,6-9,13,16-18H,1,4-5,10-11,14H2,2H3,(H,27,29). The summed E-state index contributed by atoms with van der Waals surface area (Å²) in [5.41, 5.74) is 3.90. The Kier molecular flexibility index (Phi) is 5.42. The van der Waals surface area contributed by atoms with Crippen molar-refractivity contribution in [2.45, 2.75) is 44.2 Å². The van der Waals surface area contributed by atoms with Gasteiger partial charge in [0.05, 0.1) is 47.7 Å². The highest BCUT2D eigenvalue weighted by Crippen LogP contribution is 2.39. The Morgan fingerprint density at radius 1 is 1.42 bits per heavy atom. The predicted molar refractivity (Wildman–Crippen MR) is 122 cm³/mol.